The fourth-order valence-corrected chi connectivity index (χ4v) is 3.87. The molecule has 0 atom stereocenters. The average Bonchev–Trinajstić information content (AvgIpc) is 2.60. The highest BCUT2D eigenvalue weighted by atomic mass is 32.2. The summed E-state index contributed by atoms with van der Waals surface area (Å²) < 4.78 is 1.12. The van der Waals surface area contributed by atoms with Gasteiger partial charge >= 0.3 is 0 Å². The molecule has 0 radical (unpaired) electrons. The van der Waals surface area contributed by atoms with Crippen LogP contribution < -0.4 is 5.73 Å². The number of nitrogens with zero attached hydrogens (tertiary/aromatic N) is 2. The first-order valence-electron chi connectivity index (χ1n) is 5.30. The molecule has 17 heavy (non-hydrogen) atoms. The molecule has 0 saturated heterocycles. The van der Waals surface area contributed by atoms with E-state index in [2.05, 4.69) is 24.2 Å². The van der Waals surface area contributed by atoms with Crippen molar-refractivity contribution < 1.29 is 0 Å². The number of hydrogen-bond acceptors (Lipinski definition) is 5. The molecule has 0 aliphatic carbocycles. The van der Waals surface area contributed by atoms with Gasteiger partial charge < -0.3 is 5.73 Å². The third kappa shape index (κ3) is 2.11. The van der Waals surface area contributed by atoms with Crippen molar-refractivity contribution in [2.75, 3.05) is 5.73 Å². The summed E-state index contributed by atoms with van der Waals surface area (Å²) in [7, 11) is 0. The normalized spacial score (nSPS) is 11.0. The lowest BCUT2D eigenvalue weighted by atomic mass is 10.0. The van der Waals surface area contributed by atoms with Crippen molar-refractivity contribution in [1.82, 2.24) is 4.98 Å². The molecule has 1 aromatic carbocycles. The molecule has 5 heteroatoms. The minimum atomic E-state index is 0.355. The third-order valence-electron chi connectivity index (χ3n) is 2.61. The highest BCUT2D eigenvalue weighted by Gasteiger charge is 2.17. The van der Waals surface area contributed by atoms with E-state index in [1.165, 1.54) is 28.7 Å². The zero-order valence-corrected chi connectivity index (χ0v) is 11.6. The van der Waals surface area contributed by atoms with Crippen LogP contribution in [0.15, 0.2) is 11.0 Å². The summed E-state index contributed by atoms with van der Waals surface area (Å²) in [6.45, 7) is 6.26. The number of anilines is 1. The van der Waals surface area contributed by atoms with Gasteiger partial charge in [0.2, 0.25) is 0 Å². The van der Waals surface area contributed by atoms with Crippen molar-refractivity contribution in [3.05, 3.63) is 17.2 Å². The molecule has 2 N–H and O–H groups in total. The lowest BCUT2D eigenvalue weighted by molar-refractivity contribution is 0.854. The van der Waals surface area contributed by atoms with Crippen LogP contribution in [-0.4, -0.2) is 4.98 Å². The monoisotopic (exact) mass is 263 g/mol. The highest BCUT2D eigenvalue weighted by molar-refractivity contribution is 8.03. The van der Waals surface area contributed by atoms with Gasteiger partial charge in [-0.3, -0.25) is 0 Å². The quantitative estimate of drug-likeness (QED) is 0.659. The number of nitrogens with two attached hydrogens (primary N) is 1. The van der Waals surface area contributed by atoms with Crippen molar-refractivity contribution in [3.8, 4) is 5.40 Å². The van der Waals surface area contributed by atoms with Crippen molar-refractivity contribution in [1.29, 1.82) is 5.26 Å². The predicted octanol–water partition coefficient (Wildman–Crippen LogP) is 3.88. The number of benzene rings is 1. The van der Waals surface area contributed by atoms with E-state index in [0.717, 1.165) is 20.7 Å². The Kier molecular flexibility index (Phi) is 3.27. The maximum Gasteiger partial charge on any atom is 0.181 e. The number of nitrogen functional groups attached to an aromatic ring is 1. The first-order valence-corrected chi connectivity index (χ1v) is 6.93. The molecule has 3 nitrogen and oxygen atoms in total. The molecular weight excluding hydrogens is 250 g/mol. The number of rotatable bonds is 2. The summed E-state index contributed by atoms with van der Waals surface area (Å²) in [5.74, 6) is 0.355. The number of aromatic nitrogens is 1. The van der Waals surface area contributed by atoms with Gasteiger partial charge in [0.1, 0.15) is 5.40 Å². The Morgan fingerprint density at radius 3 is 2.82 bits per heavy atom. The van der Waals surface area contributed by atoms with Crippen LogP contribution in [0.3, 0.4) is 0 Å². The van der Waals surface area contributed by atoms with Crippen LogP contribution in [0.25, 0.3) is 10.2 Å². The Balaban J connectivity index is 2.83. The van der Waals surface area contributed by atoms with Crippen molar-refractivity contribution >= 4 is 38.4 Å². The lowest BCUT2D eigenvalue weighted by Crippen LogP contribution is -1.93. The number of thiazole rings is 1. The summed E-state index contributed by atoms with van der Waals surface area (Å²) in [4.78, 5) is 5.39. The number of hydrogen-bond donors (Lipinski definition) is 1. The van der Waals surface area contributed by atoms with Gasteiger partial charge in [-0.25, -0.2) is 4.98 Å². The molecule has 0 amide bonds. The van der Waals surface area contributed by atoms with Crippen LogP contribution >= 0.6 is 23.1 Å². The van der Waals surface area contributed by atoms with Crippen LogP contribution in [0.5, 0.6) is 0 Å². The zero-order valence-electron chi connectivity index (χ0n) is 9.94. The molecule has 2 rings (SSSR count). The van der Waals surface area contributed by atoms with Crippen LogP contribution in [0, 0.1) is 17.6 Å². The Hall–Kier alpha value is -1.25. The number of aryl methyl sites for hydroxylation is 1. The SMILES string of the molecule is Cc1cc(SC#N)c(C(C)C)c2sc(N)nc12. The maximum absolute atomic E-state index is 8.87. The molecule has 0 fully saturated rings. The molecule has 2 aromatic rings. The molecule has 0 aliphatic rings. The van der Waals surface area contributed by atoms with Gasteiger partial charge in [0.15, 0.2) is 5.13 Å². The second-order valence-electron chi connectivity index (χ2n) is 4.18. The summed E-state index contributed by atoms with van der Waals surface area (Å²) >= 11 is 2.72. The van der Waals surface area contributed by atoms with Gasteiger partial charge in [0.05, 0.1) is 10.2 Å². The first-order chi connectivity index (χ1) is 8.04. The molecule has 1 aromatic heterocycles. The zero-order chi connectivity index (χ0) is 12.6. The Morgan fingerprint density at radius 1 is 1.53 bits per heavy atom. The van der Waals surface area contributed by atoms with E-state index in [1.807, 2.05) is 13.0 Å². The topological polar surface area (TPSA) is 62.7 Å². The minimum absolute atomic E-state index is 0.355. The summed E-state index contributed by atoms with van der Waals surface area (Å²) in [5, 5.41) is 11.6. The van der Waals surface area contributed by atoms with Gasteiger partial charge in [-0.15, -0.1) is 0 Å². The van der Waals surface area contributed by atoms with Gasteiger partial charge in [-0.05, 0) is 41.8 Å². The van der Waals surface area contributed by atoms with Crippen molar-refractivity contribution in [2.24, 2.45) is 0 Å². The van der Waals surface area contributed by atoms with Gasteiger partial charge in [-0.1, -0.05) is 25.2 Å². The van der Waals surface area contributed by atoms with Crippen LogP contribution in [-0.2, 0) is 0 Å². The molecule has 0 saturated carbocycles. The van der Waals surface area contributed by atoms with E-state index in [9.17, 15) is 0 Å². The van der Waals surface area contributed by atoms with Crippen LogP contribution in [0.1, 0.15) is 30.9 Å². The smallest absolute Gasteiger partial charge is 0.181 e. The fraction of sp³-hybridized carbons (Fsp3) is 0.333. The number of thiocyanates is 1. The van der Waals surface area contributed by atoms with Gasteiger partial charge in [-0.2, -0.15) is 5.26 Å². The summed E-state index contributed by atoms with van der Waals surface area (Å²) in [6.07, 6.45) is 0. The van der Waals surface area contributed by atoms with Crippen molar-refractivity contribution in [2.45, 2.75) is 31.6 Å². The van der Waals surface area contributed by atoms with Gasteiger partial charge in [0, 0.05) is 4.90 Å². The predicted molar refractivity (Wildman–Crippen MR) is 74.3 cm³/mol. The molecule has 0 aliphatic heterocycles. The summed E-state index contributed by atoms with van der Waals surface area (Å²) in [6, 6.07) is 2.03. The van der Waals surface area contributed by atoms with Crippen LogP contribution in [0.2, 0.25) is 0 Å². The average molecular weight is 263 g/mol. The number of thioether (sulfide) groups is 1. The van der Waals surface area contributed by atoms with Crippen LogP contribution in [0.4, 0.5) is 5.13 Å². The summed E-state index contributed by atoms with van der Waals surface area (Å²) in [5.41, 5.74) is 9.02. The molecule has 0 spiro atoms. The van der Waals surface area contributed by atoms with E-state index < -0.39 is 0 Å². The molecule has 0 unspecified atom stereocenters. The minimum Gasteiger partial charge on any atom is -0.375 e. The molecule has 88 valence electrons. The Morgan fingerprint density at radius 2 is 2.24 bits per heavy atom. The van der Waals surface area contributed by atoms with E-state index >= 15 is 0 Å². The number of nitriles is 1. The molecule has 0 bridgehead atoms. The molecular formula is C12H13N3S2. The fourth-order valence-electron chi connectivity index (χ4n) is 1.92. The van der Waals surface area contributed by atoms with E-state index in [1.54, 1.807) is 0 Å². The largest absolute Gasteiger partial charge is 0.375 e. The Labute approximate surface area is 109 Å². The van der Waals surface area contributed by atoms with E-state index in [-0.39, 0.29) is 0 Å². The van der Waals surface area contributed by atoms with Crippen molar-refractivity contribution in [3.63, 3.8) is 0 Å². The number of fused-ring (bicyclic) bond motifs is 1. The van der Waals surface area contributed by atoms with Gasteiger partial charge in [0.25, 0.3) is 0 Å². The van der Waals surface area contributed by atoms with E-state index in [4.69, 9.17) is 11.0 Å². The second-order valence-corrected chi connectivity index (χ2v) is 6.04. The third-order valence-corrected chi connectivity index (χ3v) is 4.17. The first kappa shape index (κ1) is 12.2. The lowest BCUT2D eigenvalue weighted by Gasteiger charge is -2.12. The van der Waals surface area contributed by atoms with E-state index in [0.29, 0.717) is 11.0 Å². The maximum atomic E-state index is 8.87. The molecule has 1 heterocycles. The standard InChI is InChI=1S/C12H13N3S2/c1-6(2)9-8(16-5-13)4-7(3)10-11(9)17-12(14)15-10/h4,6H,1-3H3,(H2,14,15). The second kappa shape index (κ2) is 4.55. The highest BCUT2D eigenvalue weighted by Crippen LogP contribution is 2.39. The Bertz CT molecular complexity index is 608.